The Bertz CT molecular complexity index is 684. The number of fused-ring (bicyclic) bond motifs is 1. The van der Waals surface area contributed by atoms with Crippen LogP contribution in [0.25, 0.3) is 0 Å². The van der Waals surface area contributed by atoms with Gasteiger partial charge in [0.15, 0.2) is 0 Å². The minimum Gasteiger partial charge on any atom is -0.318 e. The predicted molar refractivity (Wildman–Crippen MR) is 104 cm³/mol. The van der Waals surface area contributed by atoms with Crippen LogP contribution in [0.4, 0.5) is 18.9 Å². The molecule has 1 saturated heterocycles. The number of carbonyl (C=O) groups excluding carboxylic acids is 1. The van der Waals surface area contributed by atoms with Crippen LogP contribution in [0.3, 0.4) is 0 Å². The monoisotopic (exact) mass is 397 g/mol. The fraction of sp³-hybridized carbons (Fsp3) is 0.667. The average Bonchev–Trinajstić information content (AvgIpc) is 2.66. The number of hydrogen-bond donors (Lipinski definition) is 1. The first kappa shape index (κ1) is 21.1. The first-order chi connectivity index (χ1) is 13.3. The second-order valence-corrected chi connectivity index (χ2v) is 8.17. The van der Waals surface area contributed by atoms with E-state index in [-0.39, 0.29) is 5.69 Å². The average molecular weight is 397 g/mol. The molecule has 1 aliphatic carbocycles. The van der Waals surface area contributed by atoms with Crippen molar-refractivity contribution in [2.45, 2.75) is 51.2 Å². The first-order valence-electron chi connectivity index (χ1n) is 10.2. The van der Waals surface area contributed by atoms with Crippen LogP contribution in [0.5, 0.6) is 0 Å². The number of likely N-dealkylation sites (N-methyl/N-ethyl adjacent to an activating group) is 1. The van der Waals surface area contributed by atoms with Gasteiger partial charge in [-0.05, 0) is 88.0 Å². The zero-order chi connectivity index (χ0) is 20.3. The fourth-order valence-electron chi connectivity index (χ4n) is 4.44. The Kier molecular flexibility index (Phi) is 6.65. The fourth-order valence-corrected chi connectivity index (χ4v) is 4.44. The van der Waals surface area contributed by atoms with Gasteiger partial charge in [-0.2, -0.15) is 13.2 Å². The molecule has 1 aromatic rings. The quantitative estimate of drug-likeness (QED) is 0.823. The summed E-state index contributed by atoms with van der Waals surface area (Å²) in [7, 11) is 2.17. The predicted octanol–water partition coefficient (Wildman–Crippen LogP) is 3.71. The van der Waals surface area contributed by atoms with Gasteiger partial charge in [0.25, 0.3) is 0 Å². The maximum absolute atomic E-state index is 12.5. The number of likely N-dealkylation sites (tertiary alicyclic amines) is 1. The highest BCUT2D eigenvalue weighted by molar-refractivity contribution is 5.95. The smallest absolute Gasteiger partial charge is 0.318 e. The number of hydrogen-bond acceptors (Lipinski definition) is 3. The second kappa shape index (κ2) is 8.82. The molecule has 2 aliphatic rings. The molecule has 7 heteroatoms. The number of anilines is 1. The second-order valence-electron chi connectivity index (χ2n) is 8.17. The highest BCUT2D eigenvalue weighted by Gasteiger charge is 2.38. The largest absolute Gasteiger partial charge is 0.471 e. The molecule has 0 spiro atoms. The van der Waals surface area contributed by atoms with Crippen molar-refractivity contribution in [1.29, 1.82) is 0 Å². The van der Waals surface area contributed by atoms with E-state index >= 15 is 0 Å². The molecule has 1 aliphatic heterocycles. The van der Waals surface area contributed by atoms with Gasteiger partial charge in [-0.1, -0.05) is 13.0 Å². The van der Waals surface area contributed by atoms with Gasteiger partial charge < -0.3 is 15.1 Å². The van der Waals surface area contributed by atoms with Gasteiger partial charge in [0, 0.05) is 18.3 Å². The summed E-state index contributed by atoms with van der Waals surface area (Å²) in [5.41, 5.74) is 2.45. The van der Waals surface area contributed by atoms with Crippen molar-refractivity contribution in [1.82, 2.24) is 9.80 Å². The molecular formula is C21H30F3N3O. The van der Waals surface area contributed by atoms with Crippen molar-refractivity contribution in [3.63, 3.8) is 0 Å². The van der Waals surface area contributed by atoms with Gasteiger partial charge in [-0.15, -0.1) is 0 Å². The molecule has 1 aromatic carbocycles. The first-order valence-corrected chi connectivity index (χ1v) is 10.2. The lowest BCUT2D eigenvalue weighted by Crippen LogP contribution is -2.44. The zero-order valence-electron chi connectivity index (χ0n) is 16.7. The number of aryl methyl sites for hydroxylation is 1. The number of alkyl halides is 3. The van der Waals surface area contributed by atoms with Gasteiger partial charge in [0.05, 0.1) is 0 Å². The normalized spacial score (nSPS) is 21.6. The Balaban J connectivity index is 1.64. The minimum absolute atomic E-state index is 0.222. The third-order valence-electron chi connectivity index (χ3n) is 6.18. The van der Waals surface area contributed by atoms with E-state index in [1.165, 1.54) is 18.4 Å². The van der Waals surface area contributed by atoms with E-state index in [9.17, 15) is 18.0 Å². The Labute approximate surface area is 165 Å². The van der Waals surface area contributed by atoms with Gasteiger partial charge in [0.1, 0.15) is 0 Å². The lowest BCUT2D eigenvalue weighted by Gasteiger charge is -2.38. The maximum Gasteiger partial charge on any atom is 0.471 e. The molecule has 156 valence electrons. The number of nitrogens with zero attached hydrogens (tertiary/aromatic N) is 2. The van der Waals surface area contributed by atoms with Crippen LogP contribution in [0.2, 0.25) is 0 Å². The van der Waals surface area contributed by atoms with E-state index in [1.807, 2.05) is 11.4 Å². The Morgan fingerprint density at radius 1 is 1.21 bits per heavy atom. The minimum atomic E-state index is -4.87. The lowest BCUT2D eigenvalue weighted by molar-refractivity contribution is -0.167. The molecule has 1 atom stereocenters. The van der Waals surface area contributed by atoms with Gasteiger partial charge in [0.2, 0.25) is 0 Å². The van der Waals surface area contributed by atoms with Crippen LogP contribution in [0.15, 0.2) is 18.2 Å². The third kappa shape index (κ3) is 5.26. The van der Waals surface area contributed by atoms with E-state index in [2.05, 4.69) is 23.8 Å². The summed E-state index contributed by atoms with van der Waals surface area (Å²) in [6, 6.07) is 5.55. The molecule has 3 rings (SSSR count). The van der Waals surface area contributed by atoms with E-state index in [4.69, 9.17) is 0 Å². The molecule has 0 radical (unpaired) electrons. The van der Waals surface area contributed by atoms with Crippen molar-refractivity contribution in [2.24, 2.45) is 5.92 Å². The molecule has 4 nitrogen and oxygen atoms in total. The molecule has 1 N–H and O–H groups in total. The molecule has 1 heterocycles. The summed E-state index contributed by atoms with van der Waals surface area (Å²) < 4.78 is 37.5. The van der Waals surface area contributed by atoms with Crippen molar-refractivity contribution >= 4 is 11.6 Å². The summed E-state index contributed by atoms with van der Waals surface area (Å²) in [5, 5.41) is 1.98. The van der Waals surface area contributed by atoms with E-state index in [1.54, 1.807) is 12.1 Å². The van der Waals surface area contributed by atoms with Gasteiger partial charge in [-0.3, -0.25) is 4.79 Å². The number of rotatable bonds is 5. The summed E-state index contributed by atoms with van der Waals surface area (Å²) in [4.78, 5) is 16.1. The number of halogens is 3. The number of amides is 1. The van der Waals surface area contributed by atoms with Crippen LogP contribution in [0, 0.1) is 5.92 Å². The molecule has 0 aromatic heterocycles. The molecule has 1 unspecified atom stereocenters. The van der Waals surface area contributed by atoms with Gasteiger partial charge in [-0.25, -0.2) is 0 Å². The SMILES string of the molecule is CCN(CC1CCN(C)CC1)C1CCc2ccc(NC(=O)C(F)(F)F)cc2C1. The summed E-state index contributed by atoms with van der Waals surface area (Å²) in [6.07, 6.45) is 0.407. The molecule has 1 amide bonds. The van der Waals surface area contributed by atoms with Crippen LogP contribution >= 0.6 is 0 Å². The van der Waals surface area contributed by atoms with Crippen molar-refractivity contribution in [2.75, 3.05) is 38.5 Å². The Hall–Kier alpha value is -1.60. The van der Waals surface area contributed by atoms with Crippen molar-refractivity contribution in [3.05, 3.63) is 29.3 Å². The number of carbonyl (C=O) groups is 1. The van der Waals surface area contributed by atoms with Gasteiger partial charge >= 0.3 is 12.1 Å². The Morgan fingerprint density at radius 3 is 2.57 bits per heavy atom. The van der Waals surface area contributed by atoms with Crippen molar-refractivity contribution < 1.29 is 18.0 Å². The molecule has 0 bridgehead atoms. The van der Waals surface area contributed by atoms with Crippen LogP contribution < -0.4 is 5.32 Å². The molecule has 28 heavy (non-hydrogen) atoms. The number of nitrogens with one attached hydrogen (secondary N) is 1. The molecule has 1 fully saturated rings. The van der Waals surface area contributed by atoms with Crippen LogP contribution in [-0.4, -0.2) is 61.2 Å². The van der Waals surface area contributed by atoms with Crippen LogP contribution in [0.1, 0.15) is 37.3 Å². The standard InChI is InChI=1S/C21H30F3N3O/c1-3-27(14-15-8-10-26(2)11-9-15)19-7-5-16-4-6-18(12-17(16)13-19)25-20(28)21(22,23)24/h4,6,12,15,19H,3,5,7-11,13-14H2,1-2H3,(H,25,28). The topological polar surface area (TPSA) is 35.6 Å². The maximum atomic E-state index is 12.5. The van der Waals surface area contributed by atoms with E-state index in [0.717, 1.165) is 56.9 Å². The van der Waals surface area contributed by atoms with E-state index < -0.39 is 12.1 Å². The molecular weight excluding hydrogens is 367 g/mol. The van der Waals surface area contributed by atoms with Crippen LogP contribution in [-0.2, 0) is 17.6 Å². The number of benzene rings is 1. The molecule has 0 saturated carbocycles. The number of piperidine rings is 1. The van der Waals surface area contributed by atoms with E-state index in [0.29, 0.717) is 6.04 Å². The highest BCUT2D eigenvalue weighted by atomic mass is 19.4. The summed E-state index contributed by atoms with van der Waals surface area (Å²) in [6.45, 7) is 6.56. The summed E-state index contributed by atoms with van der Waals surface area (Å²) >= 11 is 0. The zero-order valence-corrected chi connectivity index (χ0v) is 16.7. The van der Waals surface area contributed by atoms with Crippen molar-refractivity contribution in [3.8, 4) is 0 Å². The third-order valence-corrected chi connectivity index (χ3v) is 6.18. The summed E-state index contributed by atoms with van der Waals surface area (Å²) in [5.74, 6) is -1.20. The Morgan fingerprint density at radius 2 is 1.93 bits per heavy atom. The highest BCUT2D eigenvalue weighted by Crippen LogP contribution is 2.29. The lowest BCUT2D eigenvalue weighted by atomic mass is 9.86.